The molecule has 0 saturated heterocycles. The molecule has 6 nitrogen and oxygen atoms in total. The first-order valence-electron chi connectivity index (χ1n) is 6.17. The van der Waals surface area contributed by atoms with Crippen LogP contribution >= 0.6 is 0 Å². The third-order valence-electron chi connectivity index (χ3n) is 2.51. The first kappa shape index (κ1) is 13.2. The van der Waals surface area contributed by atoms with Gasteiger partial charge in [-0.25, -0.2) is 0 Å². The minimum absolute atomic E-state index is 0.0168. The van der Waals surface area contributed by atoms with Gasteiger partial charge in [0.15, 0.2) is 0 Å². The van der Waals surface area contributed by atoms with Gasteiger partial charge in [-0.2, -0.15) is 15.0 Å². The zero-order valence-electron chi connectivity index (χ0n) is 10.8. The van der Waals surface area contributed by atoms with Gasteiger partial charge >= 0.3 is 0 Å². The van der Waals surface area contributed by atoms with Crippen molar-refractivity contribution in [3.8, 4) is 5.69 Å². The molecule has 0 fully saturated rings. The van der Waals surface area contributed by atoms with E-state index in [-0.39, 0.29) is 5.91 Å². The van der Waals surface area contributed by atoms with Gasteiger partial charge in [-0.1, -0.05) is 18.2 Å². The van der Waals surface area contributed by atoms with Crippen molar-refractivity contribution in [2.75, 3.05) is 13.1 Å². The molecule has 1 aromatic carbocycles. The molecule has 0 aliphatic carbocycles. The number of hydrogen-bond donors (Lipinski definition) is 2. The van der Waals surface area contributed by atoms with Crippen molar-refractivity contribution < 1.29 is 4.79 Å². The van der Waals surface area contributed by atoms with E-state index in [1.165, 1.54) is 6.92 Å². The molecule has 2 rings (SSSR count). The maximum absolute atomic E-state index is 10.7. The molecule has 100 valence electrons. The molecule has 0 unspecified atom stereocenters. The normalized spacial score (nSPS) is 10.4. The van der Waals surface area contributed by atoms with Crippen LogP contribution in [-0.2, 0) is 11.3 Å². The molecule has 0 radical (unpaired) electrons. The van der Waals surface area contributed by atoms with Crippen LogP contribution in [0.1, 0.15) is 12.6 Å². The van der Waals surface area contributed by atoms with Gasteiger partial charge in [0.25, 0.3) is 0 Å². The van der Waals surface area contributed by atoms with Crippen LogP contribution < -0.4 is 10.6 Å². The van der Waals surface area contributed by atoms with Gasteiger partial charge in [-0.05, 0) is 12.1 Å². The van der Waals surface area contributed by atoms with E-state index in [0.717, 1.165) is 11.4 Å². The predicted octanol–water partition coefficient (Wildman–Crippen LogP) is 0.493. The lowest BCUT2D eigenvalue weighted by Gasteiger charge is -2.02. The number of carbonyl (C=O) groups is 1. The number of aromatic nitrogens is 3. The highest BCUT2D eigenvalue weighted by Gasteiger charge is 2.01. The second kappa shape index (κ2) is 6.65. The lowest BCUT2D eigenvalue weighted by molar-refractivity contribution is -0.118. The average molecular weight is 259 g/mol. The summed E-state index contributed by atoms with van der Waals surface area (Å²) in [5.74, 6) is -0.0168. The van der Waals surface area contributed by atoms with E-state index in [9.17, 15) is 4.79 Å². The first-order chi connectivity index (χ1) is 9.25. The summed E-state index contributed by atoms with van der Waals surface area (Å²) in [5, 5.41) is 14.5. The fourth-order valence-electron chi connectivity index (χ4n) is 1.60. The van der Waals surface area contributed by atoms with E-state index < -0.39 is 0 Å². The number of para-hydroxylation sites is 1. The summed E-state index contributed by atoms with van der Waals surface area (Å²) in [5.41, 5.74) is 1.80. The van der Waals surface area contributed by atoms with Crippen molar-refractivity contribution in [3.05, 3.63) is 42.2 Å². The number of rotatable bonds is 6. The van der Waals surface area contributed by atoms with Crippen LogP contribution in [0.25, 0.3) is 5.69 Å². The number of amides is 1. The molecule has 1 aromatic heterocycles. The summed E-state index contributed by atoms with van der Waals surface area (Å²) in [6.45, 7) is 3.46. The molecule has 0 saturated carbocycles. The highest BCUT2D eigenvalue weighted by atomic mass is 16.1. The fourth-order valence-corrected chi connectivity index (χ4v) is 1.60. The van der Waals surface area contributed by atoms with Gasteiger partial charge in [0.1, 0.15) is 0 Å². The van der Waals surface area contributed by atoms with Crippen LogP contribution in [0.3, 0.4) is 0 Å². The molecule has 0 spiro atoms. The van der Waals surface area contributed by atoms with Crippen LogP contribution in [0.15, 0.2) is 36.5 Å². The Kier molecular flexibility index (Phi) is 4.63. The first-order valence-corrected chi connectivity index (χ1v) is 6.17. The molecule has 0 atom stereocenters. The zero-order chi connectivity index (χ0) is 13.5. The Labute approximate surface area is 111 Å². The van der Waals surface area contributed by atoms with E-state index >= 15 is 0 Å². The van der Waals surface area contributed by atoms with Gasteiger partial charge in [-0.15, -0.1) is 0 Å². The van der Waals surface area contributed by atoms with Crippen LogP contribution in [0.2, 0.25) is 0 Å². The highest BCUT2D eigenvalue weighted by Crippen LogP contribution is 2.03. The van der Waals surface area contributed by atoms with E-state index in [2.05, 4.69) is 20.8 Å². The van der Waals surface area contributed by atoms with Crippen molar-refractivity contribution in [2.24, 2.45) is 0 Å². The van der Waals surface area contributed by atoms with Gasteiger partial charge in [0.2, 0.25) is 5.91 Å². The number of hydrogen-bond acceptors (Lipinski definition) is 4. The minimum Gasteiger partial charge on any atom is -0.355 e. The summed E-state index contributed by atoms with van der Waals surface area (Å²) in [4.78, 5) is 12.3. The molecule has 1 amide bonds. The second-order valence-corrected chi connectivity index (χ2v) is 4.12. The summed E-state index contributed by atoms with van der Waals surface area (Å²) in [7, 11) is 0. The molecule has 19 heavy (non-hydrogen) atoms. The Hall–Kier alpha value is -2.21. The van der Waals surface area contributed by atoms with Crippen molar-refractivity contribution in [3.63, 3.8) is 0 Å². The molecule has 6 heteroatoms. The Bertz CT molecular complexity index is 523. The third kappa shape index (κ3) is 4.18. The Balaban J connectivity index is 1.80. The molecule has 0 bridgehead atoms. The predicted molar refractivity (Wildman–Crippen MR) is 71.7 cm³/mol. The van der Waals surface area contributed by atoms with Crippen molar-refractivity contribution >= 4 is 5.91 Å². The Morgan fingerprint density at radius 2 is 2.05 bits per heavy atom. The van der Waals surface area contributed by atoms with Crippen LogP contribution in [0.4, 0.5) is 0 Å². The monoisotopic (exact) mass is 259 g/mol. The smallest absolute Gasteiger partial charge is 0.216 e. The van der Waals surface area contributed by atoms with Crippen LogP contribution in [-0.4, -0.2) is 34.0 Å². The minimum atomic E-state index is -0.0168. The second-order valence-electron chi connectivity index (χ2n) is 4.12. The van der Waals surface area contributed by atoms with E-state index in [1.54, 1.807) is 11.0 Å². The van der Waals surface area contributed by atoms with E-state index in [1.807, 2.05) is 30.3 Å². The largest absolute Gasteiger partial charge is 0.355 e. The third-order valence-corrected chi connectivity index (χ3v) is 2.51. The molecule has 0 aliphatic heterocycles. The molecule has 0 aliphatic rings. The Morgan fingerprint density at radius 3 is 2.79 bits per heavy atom. The SMILES string of the molecule is CC(=O)NCCNCc1cnn(-c2ccccc2)n1. The molecule has 2 N–H and O–H groups in total. The lowest BCUT2D eigenvalue weighted by Crippen LogP contribution is -2.30. The van der Waals surface area contributed by atoms with E-state index in [0.29, 0.717) is 19.6 Å². The maximum atomic E-state index is 10.7. The van der Waals surface area contributed by atoms with Crippen molar-refractivity contribution in [1.29, 1.82) is 0 Å². The summed E-state index contributed by atoms with van der Waals surface area (Å²) < 4.78 is 0. The Morgan fingerprint density at radius 1 is 1.26 bits per heavy atom. The van der Waals surface area contributed by atoms with Crippen LogP contribution in [0.5, 0.6) is 0 Å². The highest BCUT2D eigenvalue weighted by molar-refractivity contribution is 5.72. The van der Waals surface area contributed by atoms with Gasteiger partial charge in [0.05, 0.1) is 17.6 Å². The van der Waals surface area contributed by atoms with Crippen LogP contribution in [0, 0.1) is 0 Å². The van der Waals surface area contributed by atoms with Gasteiger partial charge in [0, 0.05) is 26.6 Å². The van der Waals surface area contributed by atoms with Gasteiger partial charge in [-0.3, -0.25) is 4.79 Å². The number of benzene rings is 1. The standard InChI is InChI=1S/C13H17N5O/c1-11(19)15-8-7-14-9-12-10-16-18(17-12)13-5-3-2-4-6-13/h2-6,10,14H,7-9H2,1H3,(H,15,19). The summed E-state index contributed by atoms with van der Waals surface area (Å²) >= 11 is 0. The number of nitrogens with zero attached hydrogens (tertiary/aromatic N) is 3. The summed E-state index contributed by atoms with van der Waals surface area (Å²) in [6, 6.07) is 9.76. The topological polar surface area (TPSA) is 71.8 Å². The van der Waals surface area contributed by atoms with E-state index in [4.69, 9.17) is 0 Å². The average Bonchev–Trinajstić information content (AvgIpc) is 2.88. The number of nitrogens with one attached hydrogen (secondary N) is 2. The zero-order valence-corrected chi connectivity index (χ0v) is 10.8. The lowest BCUT2D eigenvalue weighted by atomic mass is 10.3. The maximum Gasteiger partial charge on any atom is 0.216 e. The van der Waals surface area contributed by atoms with Crippen molar-refractivity contribution in [1.82, 2.24) is 25.6 Å². The molecule has 1 heterocycles. The quantitative estimate of drug-likeness (QED) is 0.741. The summed E-state index contributed by atoms with van der Waals surface area (Å²) in [6.07, 6.45) is 1.73. The van der Waals surface area contributed by atoms with Crippen molar-refractivity contribution in [2.45, 2.75) is 13.5 Å². The number of carbonyl (C=O) groups excluding carboxylic acids is 1. The molecular formula is C13H17N5O. The van der Waals surface area contributed by atoms with Gasteiger partial charge < -0.3 is 10.6 Å². The molecule has 2 aromatic rings. The fraction of sp³-hybridized carbons (Fsp3) is 0.308. The molecular weight excluding hydrogens is 242 g/mol.